The molecule has 0 saturated carbocycles. The maximum Gasteiger partial charge on any atom is 0.335 e. The number of anilines is 1. The Labute approximate surface area is 193 Å². The van der Waals surface area contributed by atoms with Crippen molar-refractivity contribution in [2.45, 2.75) is 6.54 Å². The fourth-order valence-corrected chi connectivity index (χ4v) is 3.80. The Bertz CT molecular complexity index is 956. The highest BCUT2D eigenvalue weighted by Crippen LogP contribution is 2.23. The number of pyridine rings is 1. The molecule has 176 valence electrons. The van der Waals surface area contributed by atoms with Crippen LogP contribution in [0.3, 0.4) is 0 Å². The number of carboxylic acids is 1. The molecule has 2 fully saturated rings. The predicted molar refractivity (Wildman–Crippen MR) is 125 cm³/mol. The van der Waals surface area contributed by atoms with Crippen LogP contribution in [-0.2, 0) is 16.0 Å². The number of nitrogens with zero attached hydrogens (tertiary/aromatic N) is 4. The van der Waals surface area contributed by atoms with Crippen LogP contribution in [0.4, 0.5) is 5.69 Å². The SMILES string of the molecule is O=C(O)c1cccc(C=NCc2cc(N3CCOCC3)cc(OCCN3CCOCC3)n2)c1. The zero-order valence-electron chi connectivity index (χ0n) is 18.7. The van der Waals surface area contributed by atoms with Crippen molar-refractivity contribution in [1.82, 2.24) is 9.88 Å². The molecular formula is C24H30N4O5. The molecule has 2 aliphatic rings. The van der Waals surface area contributed by atoms with Gasteiger partial charge < -0.3 is 24.2 Å². The number of carboxylic acid groups (broad SMARTS) is 1. The van der Waals surface area contributed by atoms with Gasteiger partial charge in [0.15, 0.2) is 0 Å². The first-order chi connectivity index (χ1) is 16.2. The summed E-state index contributed by atoms with van der Waals surface area (Å²) in [6.07, 6.45) is 1.68. The minimum atomic E-state index is -0.955. The summed E-state index contributed by atoms with van der Waals surface area (Å²) in [4.78, 5) is 24.9. The van der Waals surface area contributed by atoms with Crippen molar-refractivity contribution in [2.24, 2.45) is 4.99 Å². The fourth-order valence-electron chi connectivity index (χ4n) is 3.80. The van der Waals surface area contributed by atoms with Crippen molar-refractivity contribution in [3.05, 3.63) is 53.2 Å². The Hall–Kier alpha value is -3.01. The van der Waals surface area contributed by atoms with Crippen molar-refractivity contribution in [3.63, 3.8) is 0 Å². The van der Waals surface area contributed by atoms with Crippen molar-refractivity contribution < 1.29 is 24.1 Å². The molecule has 1 aromatic carbocycles. The van der Waals surface area contributed by atoms with E-state index in [2.05, 4.69) is 19.8 Å². The molecule has 0 radical (unpaired) electrons. The number of aromatic carboxylic acids is 1. The van der Waals surface area contributed by atoms with Crippen LogP contribution in [0, 0.1) is 0 Å². The second-order valence-corrected chi connectivity index (χ2v) is 7.96. The molecule has 3 heterocycles. The summed E-state index contributed by atoms with van der Waals surface area (Å²) in [6.45, 7) is 8.18. The summed E-state index contributed by atoms with van der Waals surface area (Å²) in [6, 6.07) is 10.7. The molecule has 1 N–H and O–H groups in total. The summed E-state index contributed by atoms with van der Waals surface area (Å²) in [7, 11) is 0. The maximum atomic E-state index is 11.2. The molecule has 2 aliphatic heterocycles. The minimum absolute atomic E-state index is 0.238. The van der Waals surface area contributed by atoms with Gasteiger partial charge in [-0.1, -0.05) is 12.1 Å². The van der Waals surface area contributed by atoms with Crippen LogP contribution in [-0.4, -0.2) is 92.9 Å². The van der Waals surface area contributed by atoms with Crippen LogP contribution >= 0.6 is 0 Å². The van der Waals surface area contributed by atoms with E-state index in [0.717, 1.165) is 62.9 Å². The fraction of sp³-hybridized carbons (Fsp3) is 0.458. The summed E-state index contributed by atoms with van der Waals surface area (Å²) in [5.41, 5.74) is 2.82. The molecule has 0 amide bonds. The van der Waals surface area contributed by atoms with Gasteiger partial charge in [-0.3, -0.25) is 9.89 Å². The highest BCUT2D eigenvalue weighted by molar-refractivity contribution is 5.90. The van der Waals surface area contributed by atoms with Crippen LogP contribution in [0.5, 0.6) is 5.88 Å². The van der Waals surface area contributed by atoms with E-state index in [9.17, 15) is 4.79 Å². The lowest BCUT2D eigenvalue weighted by molar-refractivity contribution is 0.0320. The zero-order chi connectivity index (χ0) is 22.9. The van der Waals surface area contributed by atoms with E-state index in [4.69, 9.17) is 19.3 Å². The molecule has 0 atom stereocenters. The van der Waals surface area contributed by atoms with E-state index >= 15 is 0 Å². The highest BCUT2D eigenvalue weighted by atomic mass is 16.5. The van der Waals surface area contributed by atoms with Crippen molar-refractivity contribution in [2.75, 3.05) is 70.7 Å². The van der Waals surface area contributed by atoms with Gasteiger partial charge in [-0.05, 0) is 23.8 Å². The van der Waals surface area contributed by atoms with Crippen molar-refractivity contribution in [1.29, 1.82) is 0 Å². The largest absolute Gasteiger partial charge is 0.478 e. The molecule has 2 aromatic rings. The number of hydrogen-bond acceptors (Lipinski definition) is 8. The summed E-state index contributed by atoms with van der Waals surface area (Å²) in [5.74, 6) is -0.366. The topological polar surface area (TPSA) is 96.7 Å². The molecule has 4 rings (SSSR count). The second-order valence-electron chi connectivity index (χ2n) is 7.96. The van der Waals surface area contributed by atoms with E-state index in [1.807, 2.05) is 18.2 Å². The Kier molecular flexibility index (Phi) is 8.24. The average Bonchev–Trinajstić information content (AvgIpc) is 2.85. The Morgan fingerprint density at radius 2 is 1.85 bits per heavy atom. The summed E-state index contributed by atoms with van der Waals surface area (Å²) >= 11 is 0. The molecule has 0 aliphatic carbocycles. The maximum absolute atomic E-state index is 11.2. The normalized spacial score (nSPS) is 17.4. The van der Waals surface area contributed by atoms with Crippen molar-refractivity contribution in [3.8, 4) is 5.88 Å². The van der Waals surface area contributed by atoms with Crippen LogP contribution in [0.2, 0.25) is 0 Å². The minimum Gasteiger partial charge on any atom is -0.478 e. The predicted octanol–water partition coefficient (Wildman–Crippen LogP) is 1.95. The number of morpholine rings is 2. The first kappa shape index (κ1) is 23.2. The number of benzene rings is 1. The lowest BCUT2D eigenvalue weighted by Gasteiger charge is -2.29. The molecule has 0 unspecified atom stereocenters. The molecule has 9 heteroatoms. The van der Waals surface area contributed by atoms with Gasteiger partial charge in [0.05, 0.1) is 44.2 Å². The standard InChI is InChI=1S/C24H30N4O5/c29-24(30)20-3-1-2-19(14-20)17-25-18-21-15-22(28-7-11-32-12-8-28)16-23(26-21)33-13-6-27-4-9-31-10-5-27/h1-3,14-17H,4-13,18H2,(H,29,30). The average molecular weight is 455 g/mol. The van der Waals surface area contributed by atoms with E-state index < -0.39 is 5.97 Å². The van der Waals surface area contributed by atoms with Crippen LogP contribution in [0.15, 0.2) is 41.4 Å². The van der Waals surface area contributed by atoms with E-state index in [-0.39, 0.29) is 5.56 Å². The number of ether oxygens (including phenoxy) is 3. The smallest absolute Gasteiger partial charge is 0.335 e. The Morgan fingerprint density at radius 1 is 1.09 bits per heavy atom. The zero-order valence-corrected chi connectivity index (χ0v) is 18.7. The first-order valence-corrected chi connectivity index (χ1v) is 11.3. The summed E-state index contributed by atoms with van der Waals surface area (Å²) in [5, 5.41) is 9.16. The number of carbonyl (C=O) groups is 1. The quantitative estimate of drug-likeness (QED) is 0.575. The molecule has 9 nitrogen and oxygen atoms in total. The lowest BCUT2D eigenvalue weighted by atomic mass is 10.1. The van der Waals surface area contributed by atoms with Gasteiger partial charge in [0.25, 0.3) is 0 Å². The number of rotatable bonds is 9. The molecule has 2 saturated heterocycles. The molecule has 1 aromatic heterocycles. The molecule has 0 bridgehead atoms. The third-order valence-corrected chi connectivity index (χ3v) is 5.60. The summed E-state index contributed by atoms with van der Waals surface area (Å²) < 4.78 is 16.9. The van der Waals surface area contributed by atoms with Gasteiger partial charge in [0.1, 0.15) is 6.61 Å². The van der Waals surface area contributed by atoms with Crippen LogP contribution < -0.4 is 9.64 Å². The second kappa shape index (κ2) is 11.7. The number of hydrogen-bond donors (Lipinski definition) is 1. The number of aliphatic imine (C=N–C) groups is 1. The first-order valence-electron chi connectivity index (χ1n) is 11.3. The van der Waals surface area contributed by atoms with E-state index in [0.29, 0.717) is 32.2 Å². The van der Waals surface area contributed by atoms with Gasteiger partial charge in [-0.25, -0.2) is 9.78 Å². The Morgan fingerprint density at radius 3 is 2.61 bits per heavy atom. The third kappa shape index (κ3) is 6.98. The molecule has 0 spiro atoms. The van der Waals surface area contributed by atoms with E-state index in [1.165, 1.54) is 0 Å². The van der Waals surface area contributed by atoms with Gasteiger partial charge in [0.2, 0.25) is 5.88 Å². The Balaban J connectivity index is 1.43. The van der Waals surface area contributed by atoms with Crippen LogP contribution in [0.25, 0.3) is 0 Å². The van der Waals surface area contributed by atoms with Gasteiger partial charge in [-0.2, -0.15) is 0 Å². The number of aromatic nitrogens is 1. The van der Waals surface area contributed by atoms with E-state index in [1.54, 1.807) is 24.4 Å². The third-order valence-electron chi connectivity index (χ3n) is 5.60. The monoisotopic (exact) mass is 454 g/mol. The highest BCUT2D eigenvalue weighted by Gasteiger charge is 2.15. The lowest BCUT2D eigenvalue weighted by Crippen LogP contribution is -2.38. The van der Waals surface area contributed by atoms with Crippen molar-refractivity contribution >= 4 is 17.9 Å². The molecule has 33 heavy (non-hydrogen) atoms. The van der Waals surface area contributed by atoms with Gasteiger partial charge >= 0.3 is 5.97 Å². The van der Waals surface area contributed by atoms with Gasteiger partial charge in [-0.15, -0.1) is 0 Å². The van der Waals surface area contributed by atoms with Crippen LogP contribution in [0.1, 0.15) is 21.6 Å². The molecular weight excluding hydrogens is 424 g/mol. The van der Waals surface area contributed by atoms with Gasteiger partial charge in [0, 0.05) is 50.7 Å².